The Morgan fingerprint density at radius 3 is 2.69 bits per heavy atom. The van der Waals surface area contributed by atoms with Gasteiger partial charge in [-0.3, -0.25) is 9.59 Å². The van der Waals surface area contributed by atoms with Crippen molar-refractivity contribution in [1.82, 2.24) is 0 Å². The van der Waals surface area contributed by atoms with Crippen LogP contribution in [0.25, 0.3) is 0 Å². The van der Waals surface area contributed by atoms with Gasteiger partial charge in [0, 0.05) is 17.8 Å². The highest BCUT2D eigenvalue weighted by atomic mass is 16.5. The van der Waals surface area contributed by atoms with Crippen LogP contribution in [-0.4, -0.2) is 44.7 Å². The van der Waals surface area contributed by atoms with E-state index in [4.69, 9.17) is 9.84 Å². The number of ether oxygens (including phenoxy) is 1. The number of phenols is 2. The van der Waals surface area contributed by atoms with Crippen molar-refractivity contribution in [2.45, 2.75) is 57.7 Å². The maximum absolute atomic E-state index is 13.1. The number of aromatic hydroxyl groups is 2. The summed E-state index contributed by atoms with van der Waals surface area (Å²) in [5.74, 6) is -2.55. The largest absolute Gasteiger partial charge is 0.506 e. The van der Waals surface area contributed by atoms with Gasteiger partial charge in [-0.15, -0.1) is 0 Å². The number of hydrogen-bond acceptors (Lipinski definition) is 6. The quantitative estimate of drug-likeness (QED) is 0.516. The molecule has 4 bridgehead atoms. The van der Waals surface area contributed by atoms with Crippen LogP contribution in [-0.2, 0) is 14.3 Å². The molecule has 32 heavy (non-hydrogen) atoms. The number of carboxylic acid groups (broad SMARTS) is 1. The fourth-order valence-corrected chi connectivity index (χ4v) is 7.09. The first-order chi connectivity index (χ1) is 15.0. The minimum atomic E-state index is -1.38. The van der Waals surface area contributed by atoms with Gasteiger partial charge < -0.3 is 25.4 Å². The molecule has 5 aliphatic rings. The van der Waals surface area contributed by atoms with E-state index in [1.807, 2.05) is 6.92 Å². The third-order valence-electron chi connectivity index (χ3n) is 8.44. The summed E-state index contributed by atoms with van der Waals surface area (Å²) in [6.07, 6.45) is 6.86. The second-order valence-electron chi connectivity index (χ2n) is 10.3. The highest BCUT2D eigenvalue weighted by Crippen LogP contribution is 2.71. The van der Waals surface area contributed by atoms with E-state index in [0.29, 0.717) is 5.92 Å². The fourth-order valence-electron chi connectivity index (χ4n) is 7.09. The van der Waals surface area contributed by atoms with Crippen molar-refractivity contribution >= 4 is 23.3 Å². The molecule has 2 saturated heterocycles. The Kier molecular flexibility index (Phi) is 4.31. The number of carboxylic acids is 1. The molecule has 1 aromatic carbocycles. The Morgan fingerprint density at radius 1 is 1.25 bits per heavy atom. The summed E-state index contributed by atoms with van der Waals surface area (Å²) in [6.45, 7) is 4.08. The molecule has 1 spiro atoms. The zero-order valence-electron chi connectivity index (χ0n) is 18.1. The number of amides is 1. The van der Waals surface area contributed by atoms with Gasteiger partial charge in [-0.05, 0) is 62.1 Å². The Morgan fingerprint density at radius 2 is 2.00 bits per heavy atom. The minimum absolute atomic E-state index is 0.00395. The predicted molar refractivity (Wildman–Crippen MR) is 113 cm³/mol. The highest BCUT2D eigenvalue weighted by Gasteiger charge is 2.71. The van der Waals surface area contributed by atoms with E-state index in [-0.39, 0.29) is 47.4 Å². The lowest BCUT2D eigenvalue weighted by Gasteiger charge is -2.55. The van der Waals surface area contributed by atoms with Crippen LogP contribution in [0.2, 0.25) is 0 Å². The first-order valence-corrected chi connectivity index (χ1v) is 11.0. The summed E-state index contributed by atoms with van der Waals surface area (Å²) in [6, 6.07) is 2.16. The van der Waals surface area contributed by atoms with E-state index < -0.39 is 34.4 Å². The molecule has 2 heterocycles. The van der Waals surface area contributed by atoms with E-state index in [0.717, 1.165) is 31.4 Å². The van der Waals surface area contributed by atoms with Crippen LogP contribution in [0.5, 0.6) is 11.5 Å². The first-order valence-electron chi connectivity index (χ1n) is 11.0. The first kappa shape index (κ1) is 21.0. The van der Waals surface area contributed by atoms with E-state index in [9.17, 15) is 24.6 Å². The fraction of sp³-hybridized carbons (Fsp3) is 0.542. The number of hydrogen-bond donors (Lipinski definition) is 4. The number of anilines is 1. The van der Waals surface area contributed by atoms with Gasteiger partial charge in [-0.2, -0.15) is 0 Å². The molecule has 0 radical (unpaired) electrons. The number of rotatable bonds is 5. The summed E-state index contributed by atoms with van der Waals surface area (Å²) >= 11 is 0. The molecule has 4 fully saturated rings. The van der Waals surface area contributed by atoms with Crippen LogP contribution in [0, 0.1) is 22.7 Å². The summed E-state index contributed by atoms with van der Waals surface area (Å²) in [7, 11) is 0. The van der Waals surface area contributed by atoms with Gasteiger partial charge in [0.15, 0.2) is 11.5 Å². The molecule has 6 atom stereocenters. The lowest BCUT2D eigenvalue weighted by atomic mass is 9.51. The molecule has 1 aromatic rings. The van der Waals surface area contributed by atoms with Gasteiger partial charge in [0.1, 0.15) is 17.0 Å². The third kappa shape index (κ3) is 2.75. The second kappa shape index (κ2) is 6.57. The van der Waals surface area contributed by atoms with E-state index in [1.54, 1.807) is 6.08 Å². The van der Waals surface area contributed by atoms with E-state index in [1.165, 1.54) is 0 Å². The van der Waals surface area contributed by atoms with Gasteiger partial charge in [-0.1, -0.05) is 13.0 Å². The predicted octanol–water partition coefficient (Wildman–Crippen LogP) is 3.23. The van der Waals surface area contributed by atoms with Crippen LogP contribution in [0.15, 0.2) is 24.3 Å². The standard InChI is InChI=1S/C24H27NO7/c1-22(7-6-17(28)25-18-14(26)4-3-13(19(18)29)21(30)31)16(27)5-8-24-10-12-9-15(20(22)24)32-23(12,2)11-24/h3-5,8,12,15,20,26,29H,6-7,9-11H2,1-2H3,(H,25,28)(H,30,31)/t12-,15+,20?,22-,23+,24+/m1/s1. The number of aromatic carboxylic acids is 1. The lowest BCUT2D eigenvalue weighted by molar-refractivity contribution is -0.169. The number of carbonyl (C=O) groups is 3. The molecule has 6 rings (SSSR count). The van der Waals surface area contributed by atoms with E-state index in [2.05, 4.69) is 18.3 Å². The molecule has 2 saturated carbocycles. The number of phenolic OH excluding ortho intramolecular Hbond substituents is 1. The average molecular weight is 441 g/mol. The molecule has 0 aromatic heterocycles. The molecular weight excluding hydrogens is 414 g/mol. The van der Waals surface area contributed by atoms with Gasteiger partial charge in [0.2, 0.25) is 5.91 Å². The zero-order chi connectivity index (χ0) is 23.1. The molecule has 2 aliphatic heterocycles. The van der Waals surface area contributed by atoms with E-state index >= 15 is 0 Å². The summed E-state index contributed by atoms with van der Waals surface area (Å²) in [5, 5.41) is 31.7. The van der Waals surface area contributed by atoms with Crippen LogP contribution < -0.4 is 5.32 Å². The maximum atomic E-state index is 13.1. The van der Waals surface area contributed by atoms with Crippen molar-refractivity contribution in [3.8, 4) is 11.5 Å². The van der Waals surface area contributed by atoms with Crippen LogP contribution in [0.1, 0.15) is 56.3 Å². The van der Waals surface area contributed by atoms with Gasteiger partial charge in [0.25, 0.3) is 0 Å². The number of nitrogens with one attached hydrogen (secondary N) is 1. The van der Waals surface area contributed by atoms with Crippen molar-refractivity contribution in [3.05, 3.63) is 29.8 Å². The molecule has 8 heteroatoms. The van der Waals surface area contributed by atoms with Crippen LogP contribution in [0.4, 0.5) is 5.69 Å². The summed E-state index contributed by atoms with van der Waals surface area (Å²) in [5.41, 5.74) is -1.75. The number of allylic oxidation sites excluding steroid dienone is 2. The molecule has 1 unspecified atom stereocenters. The van der Waals surface area contributed by atoms with Gasteiger partial charge in [-0.25, -0.2) is 4.79 Å². The topological polar surface area (TPSA) is 133 Å². The zero-order valence-corrected chi connectivity index (χ0v) is 18.1. The maximum Gasteiger partial charge on any atom is 0.339 e. The minimum Gasteiger partial charge on any atom is -0.506 e. The molecular formula is C24H27NO7. The normalized spacial score (nSPS) is 38.7. The van der Waals surface area contributed by atoms with Crippen LogP contribution in [0.3, 0.4) is 0 Å². The highest BCUT2D eigenvalue weighted by molar-refractivity contribution is 6.00. The Labute approximate surface area is 185 Å². The van der Waals surface area contributed by atoms with Crippen LogP contribution >= 0.6 is 0 Å². The molecule has 170 valence electrons. The second-order valence-corrected chi connectivity index (χ2v) is 10.3. The molecule has 8 nitrogen and oxygen atoms in total. The summed E-state index contributed by atoms with van der Waals surface area (Å²) in [4.78, 5) is 37.0. The smallest absolute Gasteiger partial charge is 0.339 e. The Hall–Kier alpha value is -2.87. The Bertz CT molecular complexity index is 1080. The monoisotopic (exact) mass is 441 g/mol. The average Bonchev–Trinajstić information content (AvgIpc) is 3.08. The lowest BCUT2D eigenvalue weighted by Crippen LogP contribution is -2.56. The number of carbonyl (C=O) groups excluding carboxylic acids is 2. The van der Waals surface area contributed by atoms with Crippen molar-refractivity contribution < 1.29 is 34.4 Å². The van der Waals surface area contributed by atoms with Crippen molar-refractivity contribution in [3.63, 3.8) is 0 Å². The van der Waals surface area contributed by atoms with Crippen molar-refractivity contribution in [2.75, 3.05) is 5.32 Å². The summed E-state index contributed by atoms with van der Waals surface area (Å²) < 4.78 is 6.41. The molecule has 1 amide bonds. The van der Waals surface area contributed by atoms with Gasteiger partial charge >= 0.3 is 5.97 Å². The molecule has 4 N–H and O–H groups in total. The van der Waals surface area contributed by atoms with Crippen molar-refractivity contribution in [2.24, 2.45) is 22.7 Å². The Balaban J connectivity index is 1.36. The number of benzene rings is 1. The SMILES string of the molecule is C[C@@]1(CCC(=O)Nc2c(O)ccc(C(=O)O)c2O)C(=O)C=C[C@]23C[C@H]4C[C@H](O[C@@]4(C)C2)C31. The molecule has 3 aliphatic carbocycles. The van der Waals surface area contributed by atoms with Crippen molar-refractivity contribution in [1.29, 1.82) is 0 Å². The number of ketones is 1. The third-order valence-corrected chi connectivity index (χ3v) is 8.44. The van der Waals surface area contributed by atoms with Gasteiger partial charge in [0.05, 0.1) is 11.7 Å².